The number of likely N-dealkylation sites (tertiary alicyclic amines) is 1. The lowest BCUT2D eigenvalue weighted by atomic mass is 9.97. The van der Waals surface area contributed by atoms with Crippen molar-refractivity contribution in [2.45, 2.75) is 33.6 Å². The molecule has 2 N–H and O–H groups in total. The van der Waals surface area contributed by atoms with E-state index < -0.39 is 0 Å². The molecule has 0 aromatic carbocycles. The van der Waals surface area contributed by atoms with E-state index in [-0.39, 0.29) is 24.3 Å². The molecule has 3 aromatic heterocycles. The van der Waals surface area contributed by atoms with Crippen LogP contribution < -0.4 is 10.6 Å². The van der Waals surface area contributed by atoms with Crippen molar-refractivity contribution in [2.75, 3.05) is 30.3 Å². The number of aromatic nitrogens is 5. The Labute approximate surface area is 202 Å². The van der Waals surface area contributed by atoms with Gasteiger partial charge in [0.25, 0.3) is 5.95 Å². The van der Waals surface area contributed by atoms with E-state index >= 15 is 0 Å². The molecule has 3 aromatic rings. The lowest BCUT2D eigenvalue weighted by Crippen LogP contribution is -2.44. The largest absolute Gasteiger partial charge is 0.310 e. The number of rotatable bonds is 6. The Morgan fingerprint density at radius 3 is 2.56 bits per heavy atom. The Morgan fingerprint density at radius 1 is 1.09 bits per heavy atom. The second-order valence-electron chi connectivity index (χ2n) is 8.51. The zero-order chi connectivity index (χ0) is 24.2. The zero-order valence-electron chi connectivity index (χ0n) is 19.4. The Morgan fingerprint density at radius 2 is 1.85 bits per heavy atom. The Bertz CT molecular complexity index is 1170. The van der Waals surface area contributed by atoms with Gasteiger partial charge in [-0.3, -0.25) is 14.5 Å². The highest BCUT2D eigenvalue weighted by Gasteiger charge is 2.27. The van der Waals surface area contributed by atoms with E-state index in [4.69, 9.17) is 11.6 Å². The molecule has 1 atom stereocenters. The number of piperidine rings is 1. The molecule has 4 rings (SSSR count). The summed E-state index contributed by atoms with van der Waals surface area (Å²) in [4.78, 5) is 40.5. The molecular formula is C23H27ClN8O2. The molecule has 1 aliphatic rings. The van der Waals surface area contributed by atoms with Crippen LogP contribution in [0.15, 0.2) is 30.5 Å². The predicted molar refractivity (Wildman–Crippen MR) is 129 cm³/mol. The second kappa shape index (κ2) is 10.3. The van der Waals surface area contributed by atoms with Crippen LogP contribution in [0.25, 0.3) is 5.95 Å². The highest BCUT2D eigenvalue weighted by Crippen LogP contribution is 2.20. The topological polar surface area (TPSA) is 118 Å². The van der Waals surface area contributed by atoms with Crippen LogP contribution in [0.5, 0.6) is 0 Å². The third kappa shape index (κ3) is 5.95. The van der Waals surface area contributed by atoms with E-state index in [0.29, 0.717) is 29.2 Å². The minimum absolute atomic E-state index is 0.111. The summed E-state index contributed by atoms with van der Waals surface area (Å²) in [6.07, 6.45) is 3.07. The van der Waals surface area contributed by atoms with Gasteiger partial charge in [-0.2, -0.15) is 9.78 Å². The highest BCUT2D eigenvalue weighted by molar-refractivity contribution is 6.30. The van der Waals surface area contributed by atoms with Gasteiger partial charge in [0.1, 0.15) is 11.6 Å². The maximum atomic E-state index is 12.8. The summed E-state index contributed by atoms with van der Waals surface area (Å²) in [5.41, 5.74) is 2.38. The molecule has 0 aliphatic carbocycles. The monoisotopic (exact) mass is 482 g/mol. The van der Waals surface area contributed by atoms with Crippen LogP contribution in [0.1, 0.15) is 29.9 Å². The van der Waals surface area contributed by atoms with Crippen LogP contribution >= 0.6 is 11.6 Å². The molecule has 0 saturated carbocycles. The van der Waals surface area contributed by atoms with Gasteiger partial charge in [-0.1, -0.05) is 11.6 Å². The van der Waals surface area contributed by atoms with E-state index in [0.717, 1.165) is 36.5 Å². The fraction of sp³-hybridized carbons (Fsp3) is 0.391. The van der Waals surface area contributed by atoms with Crippen LogP contribution in [-0.2, 0) is 9.59 Å². The van der Waals surface area contributed by atoms with Crippen molar-refractivity contribution in [1.29, 1.82) is 0 Å². The van der Waals surface area contributed by atoms with Crippen molar-refractivity contribution < 1.29 is 9.59 Å². The normalized spacial score (nSPS) is 16.3. The first kappa shape index (κ1) is 23.8. The van der Waals surface area contributed by atoms with E-state index in [1.165, 1.54) is 6.20 Å². The van der Waals surface area contributed by atoms with Gasteiger partial charge in [0.2, 0.25) is 11.8 Å². The number of hydrogen-bond acceptors (Lipinski definition) is 7. The molecule has 10 nitrogen and oxygen atoms in total. The van der Waals surface area contributed by atoms with Crippen LogP contribution in [0.3, 0.4) is 0 Å². The molecule has 1 fully saturated rings. The smallest absolute Gasteiger partial charge is 0.252 e. The third-order valence-electron chi connectivity index (χ3n) is 5.48. The molecule has 11 heteroatoms. The van der Waals surface area contributed by atoms with Crippen molar-refractivity contribution >= 4 is 35.1 Å². The number of anilines is 2. The van der Waals surface area contributed by atoms with E-state index in [9.17, 15) is 9.59 Å². The van der Waals surface area contributed by atoms with E-state index in [2.05, 4.69) is 30.7 Å². The average Bonchev–Trinajstić information content (AvgIpc) is 3.14. The van der Waals surface area contributed by atoms with Crippen molar-refractivity contribution in [2.24, 2.45) is 5.92 Å². The predicted octanol–water partition coefficient (Wildman–Crippen LogP) is 2.93. The van der Waals surface area contributed by atoms with Gasteiger partial charge in [-0.15, -0.1) is 0 Å². The number of carbonyl (C=O) groups is 2. The lowest BCUT2D eigenvalue weighted by Gasteiger charge is -2.31. The number of carbonyl (C=O) groups excluding carboxylic acids is 2. The molecule has 34 heavy (non-hydrogen) atoms. The molecule has 1 aliphatic heterocycles. The Hall–Kier alpha value is -3.37. The molecule has 178 valence electrons. The van der Waals surface area contributed by atoms with E-state index in [1.807, 2.05) is 31.7 Å². The number of aryl methyl sites for hydroxylation is 3. The standard InChI is InChI=1S/C23H27ClN8O2/c1-14-9-15(2)27-23(26-14)32-20(10-16(3)30-32)29-21(33)13-31-8-4-5-17(12-31)22(34)28-19-7-6-18(24)11-25-19/h6-7,9-11,17H,4-5,8,12-13H2,1-3H3,(H,29,33)(H,25,28,34). The summed E-state index contributed by atoms with van der Waals surface area (Å²) in [5, 5.41) is 10.7. The minimum atomic E-state index is -0.226. The van der Waals surface area contributed by atoms with Gasteiger partial charge in [-0.25, -0.2) is 15.0 Å². The first-order valence-electron chi connectivity index (χ1n) is 11.1. The van der Waals surface area contributed by atoms with Gasteiger partial charge in [0.05, 0.1) is 23.2 Å². The highest BCUT2D eigenvalue weighted by atomic mass is 35.5. The quantitative estimate of drug-likeness (QED) is 0.554. The SMILES string of the molecule is Cc1cc(C)nc(-n2nc(C)cc2NC(=O)CN2CCCC(C(=O)Nc3ccc(Cl)cn3)C2)n1. The molecule has 2 amide bonds. The van der Waals surface area contributed by atoms with Gasteiger partial charge < -0.3 is 10.6 Å². The van der Waals surface area contributed by atoms with Crippen molar-refractivity contribution in [3.63, 3.8) is 0 Å². The zero-order valence-corrected chi connectivity index (χ0v) is 20.1. The fourth-order valence-corrected chi connectivity index (χ4v) is 4.13. The fourth-order valence-electron chi connectivity index (χ4n) is 4.02. The number of pyridine rings is 1. The molecule has 0 bridgehead atoms. The van der Waals surface area contributed by atoms with Gasteiger partial charge >= 0.3 is 0 Å². The molecule has 1 unspecified atom stereocenters. The van der Waals surface area contributed by atoms with Gasteiger partial charge in [-0.05, 0) is 58.4 Å². The van der Waals surface area contributed by atoms with Crippen LogP contribution in [0.2, 0.25) is 5.02 Å². The molecule has 1 saturated heterocycles. The summed E-state index contributed by atoms with van der Waals surface area (Å²) < 4.78 is 1.54. The maximum absolute atomic E-state index is 12.8. The summed E-state index contributed by atoms with van der Waals surface area (Å²) >= 11 is 5.85. The van der Waals surface area contributed by atoms with Gasteiger partial charge in [0, 0.05) is 30.2 Å². The summed E-state index contributed by atoms with van der Waals surface area (Å²) in [5.74, 6) is 0.850. The molecular weight excluding hydrogens is 456 g/mol. The molecule has 0 spiro atoms. The maximum Gasteiger partial charge on any atom is 0.252 e. The van der Waals surface area contributed by atoms with Gasteiger partial charge in [0.15, 0.2) is 0 Å². The van der Waals surface area contributed by atoms with Crippen LogP contribution in [0.4, 0.5) is 11.6 Å². The summed E-state index contributed by atoms with van der Waals surface area (Å²) in [7, 11) is 0. The van der Waals surface area contributed by atoms with Crippen LogP contribution in [0, 0.1) is 26.7 Å². The lowest BCUT2D eigenvalue weighted by molar-refractivity contribution is -0.123. The number of nitrogens with one attached hydrogen (secondary N) is 2. The summed E-state index contributed by atoms with van der Waals surface area (Å²) in [6, 6.07) is 7.00. The first-order chi connectivity index (χ1) is 16.3. The van der Waals surface area contributed by atoms with E-state index in [1.54, 1.807) is 22.9 Å². The molecule has 4 heterocycles. The number of hydrogen-bond donors (Lipinski definition) is 2. The van der Waals surface area contributed by atoms with Crippen molar-refractivity contribution in [3.05, 3.63) is 52.6 Å². The average molecular weight is 483 g/mol. The number of amides is 2. The Kier molecular flexibility index (Phi) is 7.18. The summed E-state index contributed by atoms with van der Waals surface area (Å²) in [6.45, 7) is 7.02. The minimum Gasteiger partial charge on any atom is -0.310 e. The Balaban J connectivity index is 1.38. The third-order valence-corrected chi connectivity index (χ3v) is 5.70. The van der Waals surface area contributed by atoms with Crippen LogP contribution in [-0.4, -0.2) is 61.1 Å². The van der Waals surface area contributed by atoms with Crippen molar-refractivity contribution in [1.82, 2.24) is 29.6 Å². The number of halogens is 1. The molecule has 0 radical (unpaired) electrons. The first-order valence-corrected chi connectivity index (χ1v) is 11.5. The van der Waals surface area contributed by atoms with Crippen molar-refractivity contribution in [3.8, 4) is 5.95 Å². The number of nitrogens with zero attached hydrogens (tertiary/aromatic N) is 6. The second-order valence-corrected chi connectivity index (χ2v) is 8.94.